The number of ether oxygens (including phenoxy) is 1. The summed E-state index contributed by atoms with van der Waals surface area (Å²) >= 11 is 0. The number of carboxylic acid groups (broad SMARTS) is 1. The number of carbonyl (C=O) groups excluding carboxylic acids is 1. The Morgan fingerprint density at radius 1 is 1.35 bits per heavy atom. The Kier molecular flexibility index (Phi) is 5.52. The Balaban J connectivity index is 2.79. The molecule has 0 atom stereocenters. The van der Waals surface area contributed by atoms with Crippen LogP contribution in [0.15, 0.2) is 24.3 Å². The zero-order valence-corrected chi connectivity index (χ0v) is 11.8. The molecule has 0 aliphatic rings. The van der Waals surface area contributed by atoms with E-state index in [1.807, 2.05) is 20.8 Å². The molecule has 0 aromatic heterocycles. The first kappa shape index (κ1) is 16.0. The van der Waals surface area contributed by atoms with E-state index in [0.717, 1.165) is 5.06 Å². The molecule has 1 amide bonds. The van der Waals surface area contributed by atoms with Crippen LogP contribution in [-0.4, -0.2) is 34.8 Å². The number of nitrogens with zero attached hydrogens (tertiary/aromatic N) is 1. The van der Waals surface area contributed by atoms with Crippen LogP contribution in [0.2, 0.25) is 0 Å². The Morgan fingerprint density at radius 3 is 2.55 bits per heavy atom. The molecule has 0 unspecified atom stereocenters. The summed E-state index contributed by atoms with van der Waals surface area (Å²) in [6.07, 6.45) is 0.583. The van der Waals surface area contributed by atoms with Crippen molar-refractivity contribution in [1.29, 1.82) is 0 Å². The van der Waals surface area contributed by atoms with Gasteiger partial charge in [-0.25, -0.2) is 9.86 Å². The molecule has 0 aliphatic carbocycles. The summed E-state index contributed by atoms with van der Waals surface area (Å²) in [7, 11) is 0. The number of para-hydroxylation sites is 1. The van der Waals surface area contributed by atoms with Crippen molar-refractivity contribution in [3.8, 4) is 5.75 Å². The molecule has 1 N–H and O–H groups in total. The van der Waals surface area contributed by atoms with Gasteiger partial charge in [0.2, 0.25) is 6.41 Å². The molecule has 1 aromatic carbocycles. The van der Waals surface area contributed by atoms with Gasteiger partial charge in [-0.05, 0) is 26.8 Å². The number of benzene rings is 1. The van der Waals surface area contributed by atoms with E-state index in [0.29, 0.717) is 17.7 Å². The molecule has 0 aliphatic heterocycles. The monoisotopic (exact) mass is 281 g/mol. The predicted molar refractivity (Wildman–Crippen MR) is 72.0 cm³/mol. The molecule has 0 fully saturated rings. The Labute approximate surface area is 117 Å². The summed E-state index contributed by atoms with van der Waals surface area (Å²) in [4.78, 5) is 27.0. The van der Waals surface area contributed by atoms with E-state index in [-0.39, 0.29) is 6.54 Å². The number of hydrogen-bond donors (Lipinski definition) is 1. The first-order valence-electron chi connectivity index (χ1n) is 6.15. The third-order valence-electron chi connectivity index (χ3n) is 2.16. The van der Waals surface area contributed by atoms with Crippen molar-refractivity contribution in [1.82, 2.24) is 5.06 Å². The zero-order chi connectivity index (χ0) is 15.2. The molecule has 1 rings (SSSR count). The molecule has 0 saturated heterocycles. The van der Waals surface area contributed by atoms with E-state index in [9.17, 15) is 9.59 Å². The molecule has 0 heterocycles. The fourth-order valence-electron chi connectivity index (χ4n) is 1.53. The maximum absolute atomic E-state index is 11.0. The topological polar surface area (TPSA) is 76.1 Å². The highest BCUT2D eigenvalue weighted by Crippen LogP contribution is 2.21. The Morgan fingerprint density at radius 2 is 2.00 bits per heavy atom. The predicted octanol–water partition coefficient (Wildman–Crippen LogP) is 1.84. The van der Waals surface area contributed by atoms with Crippen LogP contribution in [0.5, 0.6) is 5.75 Å². The van der Waals surface area contributed by atoms with Crippen molar-refractivity contribution in [3.05, 3.63) is 29.8 Å². The van der Waals surface area contributed by atoms with Crippen molar-refractivity contribution in [2.75, 3.05) is 6.61 Å². The number of carboxylic acids is 1. The van der Waals surface area contributed by atoms with Crippen LogP contribution in [0.1, 0.15) is 26.3 Å². The van der Waals surface area contributed by atoms with Gasteiger partial charge < -0.3 is 9.84 Å². The second-order valence-electron chi connectivity index (χ2n) is 5.17. The van der Waals surface area contributed by atoms with E-state index < -0.39 is 18.2 Å². The fourth-order valence-corrected chi connectivity index (χ4v) is 1.53. The second kappa shape index (κ2) is 6.91. The van der Waals surface area contributed by atoms with Crippen molar-refractivity contribution >= 4 is 12.4 Å². The number of hydrogen-bond acceptors (Lipinski definition) is 4. The van der Waals surface area contributed by atoms with Crippen LogP contribution in [-0.2, 0) is 21.0 Å². The summed E-state index contributed by atoms with van der Waals surface area (Å²) < 4.78 is 5.18. The van der Waals surface area contributed by atoms with Crippen LogP contribution in [0, 0.1) is 0 Å². The van der Waals surface area contributed by atoms with Crippen LogP contribution in [0.25, 0.3) is 0 Å². The van der Waals surface area contributed by atoms with Gasteiger partial charge in [0.05, 0.1) is 12.1 Å². The van der Waals surface area contributed by atoms with E-state index >= 15 is 0 Å². The number of carbonyl (C=O) groups is 2. The lowest BCUT2D eigenvalue weighted by Gasteiger charge is -2.27. The molecule has 0 radical (unpaired) electrons. The lowest BCUT2D eigenvalue weighted by molar-refractivity contribution is -0.220. The zero-order valence-electron chi connectivity index (χ0n) is 11.8. The van der Waals surface area contributed by atoms with Crippen molar-refractivity contribution < 1.29 is 24.3 Å². The van der Waals surface area contributed by atoms with Gasteiger partial charge in [0.1, 0.15) is 5.75 Å². The third-order valence-corrected chi connectivity index (χ3v) is 2.16. The van der Waals surface area contributed by atoms with E-state index in [1.54, 1.807) is 24.3 Å². The minimum atomic E-state index is -1.06. The van der Waals surface area contributed by atoms with Gasteiger partial charge in [0.15, 0.2) is 6.61 Å². The summed E-state index contributed by atoms with van der Waals surface area (Å²) in [6.45, 7) is 5.23. The first-order chi connectivity index (χ1) is 9.31. The smallest absolute Gasteiger partial charge is 0.341 e. The fraction of sp³-hybridized carbons (Fsp3) is 0.429. The van der Waals surface area contributed by atoms with Gasteiger partial charge in [-0.3, -0.25) is 9.63 Å². The van der Waals surface area contributed by atoms with Gasteiger partial charge in [-0.15, -0.1) is 0 Å². The van der Waals surface area contributed by atoms with Gasteiger partial charge in [0.25, 0.3) is 0 Å². The number of rotatable bonds is 7. The molecular weight excluding hydrogens is 262 g/mol. The van der Waals surface area contributed by atoms with Crippen molar-refractivity contribution in [3.63, 3.8) is 0 Å². The molecule has 0 bridgehead atoms. The van der Waals surface area contributed by atoms with Crippen molar-refractivity contribution in [2.24, 2.45) is 0 Å². The molecule has 0 spiro atoms. The molecule has 0 saturated carbocycles. The molecule has 1 aromatic rings. The first-order valence-corrected chi connectivity index (χ1v) is 6.15. The SMILES string of the molecule is CC(C)(C)ON(C=O)Cc1ccccc1OCC(=O)O. The average Bonchev–Trinajstić information content (AvgIpc) is 2.35. The minimum absolute atomic E-state index is 0.177. The maximum atomic E-state index is 11.0. The molecular formula is C14H19NO5. The lowest BCUT2D eigenvalue weighted by Crippen LogP contribution is -2.32. The quantitative estimate of drug-likeness (QED) is 0.609. The molecule has 110 valence electrons. The van der Waals surface area contributed by atoms with Crippen LogP contribution >= 0.6 is 0 Å². The third kappa shape index (κ3) is 5.71. The molecule has 20 heavy (non-hydrogen) atoms. The average molecular weight is 281 g/mol. The Hall–Kier alpha value is -2.08. The van der Waals surface area contributed by atoms with E-state index in [4.69, 9.17) is 14.7 Å². The highest BCUT2D eigenvalue weighted by molar-refractivity contribution is 5.68. The van der Waals surface area contributed by atoms with Crippen LogP contribution < -0.4 is 4.74 Å². The number of hydroxylamine groups is 2. The minimum Gasteiger partial charge on any atom is -0.482 e. The van der Waals surface area contributed by atoms with E-state index in [2.05, 4.69) is 0 Å². The lowest BCUT2D eigenvalue weighted by atomic mass is 10.2. The molecule has 6 nitrogen and oxygen atoms in total. The summed E-state index contributed by atoms with van der Waals surface area (Å²) in [6, 6.07) is 6.91. The van der Waals surface area contributed by atoms with Crippen LogP contribution in [0.3, 0.4) is 0 Å². The number of aliphatic carboxylic acids is 1. The van der Waals surface area contributed by atoms with Gasteiger partial charge in [-0.2, -0.15) is 0 Å². The second-order valence-corrected chi connectivity index (χ2v) is 5.17. The Bertz CT molecular complexity index is 467. The van der Waals surface area contributed by atoms with Gasteiger partial charge >= 0.3 is 5.97 Å². The highest BCUT2D eigenvalue weighted by Gasteiger charge is 2.17. The van der Waals surface area contributed by atoms with Gasteiger partial charge in [0, 0.05) is 5.56 Å². The largest absolute Gasteiger partial charge is 0.482 e. The summed E-state index contributed by atoms with van der Waals surface area (Å²) in [5, 5.41) is 9.79. The highest BCUT2D eigenvalue weighted by atomic mass is 16.7. The summed E-state index contributed by atoms with van der Waals surface area (Å²) in [5.41, 5.74) is 0.169. The normalized spacial score (nSPS) is 10.9. The summed E-state index contributed by atoms with van der Waals surface area (Å²) in [5.74, 6) is -0.641. The van der Waals surface area contributed by atoms with Crippen molar-refractivity contribution in [2.45, 2.75) is 32.9 Å². The number of amides is 1. The standard InChI is InChI=1S/C14H19NO5/c1-14(2,3)20-15(10-16)8-11-6-4-5-7-12(11)19-9-13(17)18/h4-7,10H,8-9H2,1-3H3,(H,17,18). The van der Waals surface area contributed by atoms with E-state index in [1.165, 1.54) is 0 Å². The van der Waals surface area contributed by atoms with Crippen LogP contribution in [0.4, 0.5) is 0 Å². The molecule has 6 heteroatoms. The van der Waals surface area contributed by atoms with Gasteiger partial charge in [-0.1, -0.05) is 18.2 Å². The maximum Gasteiger partial charge on any atom is 0.341 e.